The van der Waals surface area contributed by atoms with Crippen LogP contribution in [0.1, 0.15) is 24.0 Å². The quantitative estimate of drug-likeness (QED) is 0.410. The Balaban J connectivity index is 1.70. The number of nitrogens with two attached hydrogens (primary N) is 1. The summed E-state index contributed by atoms with van der Waals surface area (Å²) >= 11 is 2.94. The molecule has 2 aromatic carbocycles. The molecule has 5 rings (SSSR count). The summed E-state index contributed by atoms with van der Waals surface area (Å²) in [5.74, 6) is -1.01. The van der Waals surface area contributed by atoms with Gasteiger partial charge < -0.3 is 10.3 Å². The molecule has 0 saturated carbocycles. The van der Waals surface area contributed by atoms with Gasteiger partial charge in [-0.2, -0.15) is 5.10 Å². The molecule has 0 saturated heterocycles. The van der Waals surface area contributed by atoms with E-state index in [9.17, 15) is 8.78 Å². The Kier molecular flexibility index (Phi) is 5.48. The van der Waals surface area contributed by atoms with E-state index in [0.717, 1.165) is 34.5 Å². The molecule has 0 bridgehead atoms. The van der Waals surface area contributed by atoms with Crippen molar-refractivity contribution < 1.29 is 8.78 Å². The van der Waals surface area contributed by atoms with E-state index in [1.807, 2.05) is 59.2 Å². The lowest BCUT2D eigenvalue weighted by Crippen LogP contribution is -2.38. The number of halogens is 2. The maximum absolute atomic E-state index is 14.7. The summed E-state index contributed by atoms with van der Waals surface area (Å²) in [6.07, 6.45) is 3.36. The number of benzene rings is 2. The third-order valence-electron chi connectivity index (χ3n) is 5.48. The number of thioether (sulfide) groups is 1. The number of thiazole rings is 1. The lowest BCUT2D eigenvalue weighted by molar-refractivity contribution is 0.527. The second-order valence-electron chi connectivity index (χ2n) is 7.60. The van der Waals surface area contributed by atoms with Crippen LogP contribution in [0.4, 0.5) is 13.9 Å². The van der Waals surface area contributed by atoms with Crippen LogP contribution in [0.15, 0.2) is 65.9 Å². The number of aromatic nitrogens is 2. The molecule has 1 aliphatic rings. The van der Waals surface area contributed by atoms with E-state index in [2.05, 4.69) is 0 Å². The SMILES string of the molecule is Cn1ccc2nc(N3N=C(c4cc(F)ccc4F)SC3(CCCN)c3ccccc3)sc21. The molecule has 4 aromatic rings. The van der Waals surface area contributed by atoms with Gasteiger partial charge in [0, 0.05) is 18.8 Å². The average molecular weight is 470 g/mol. The molecule has 0 aliphatic carbocycles. The van der Waals surface area contributed by atoms with Crippen molar-refractivity contribution in [3.63, 3.8) is 0 Å². The molecule has 1 aliphatic heterocycles. The van der Waals surface area contributed by atoms with E-state index in [1.165, 1.54) is 29.2 Å². The Labute approximate surface area is 192 Å². The van der Waals surface area contributed by atoms with Gasteiger partial charge >= 0.3 is 0 Å². The Morgan fingerprint density at radius 1 is 1.09 bits per heavy atom. The van der Waals surface area contributed by atoms with Gasteiger partial charge in [0.2, 0.25) is 5.13 Å². The summed E-state index contributed by atoms with van der Waals surface area (Å²) in [6, 6.07) is 15.4. The molecule has 2 N–H and O–H groups in total. The Morgan fingerprint density at radius 3 is 2.66 bits per heavy atom. The minimum absolute atomic E-state index is 0.145. The van der Waals surface area contributed by atoms with E-state index in [0.29, 0.717) is 23.1 Å². The van der Waals surface area contributed by atoms with Crippen LogP contribution >= 0.6 is 23.1 Å². The molecule has 5 nitrogen and oxygen atoms in total. The van der Waals surface area contributed by atoms with Crippen molar-refractivity contribution in [1.29, 1.82) is 0 Å². The standard InChI is InChI=1S/C23H21F2N5S2/c1-29-13-10-19-21(29)31-22(27-19)30-23(11-5-12-26,15-6-3-2-4-7-15)32-20(28-30)17-14-16(24)8-9-18(17)25/h2-4,6-10,13-14H,5,11-12,26H2,1H3. The van der Waals surface area contributed by atoms with Gasteiger partial charge in [-0.05, 0) is 49.2 Å². The second-order valence-corrected chi connectivity index (χ2v) is 9.82. The Morgan fingerprint density at radius 2 is 1.91 bits per heavy atom. The van der Waals surface area contributed by atoms with Crippen molar-refractivity contribution in [2.24, 2.45) is 17.9 Å². The van der Waals surface area contributed by atoms with Gasteiger partial charge in [-0.1, -0.05) is 53.4 Å². The largest absolute Gasteiger partial charge is 0.341 e. The van der Waals surface area contributed by atoms with Crippen molar-refractivity contribution in [2.45, 2.75) is 17.7 Å². The highest BCUT2D eigenvalue weighted by molar-refractivity contribution is 8.15. The maximum atomic E-state index is 14.7. The van der Waals surface area contributed by atoms with E-state index in [-0.39, 0.29) is 5.56 Å². The normalized spacial score (nSPS) is 18.5. The third-order valence-corrected chi connectivity index (χ3v) is 8.07. The van der Waals surface area contributed by atoms with Gasteiger partial charge in [0.05, 0.1) is 0 Å². The molecule has 2 aromatic heterocycles. The van der Waals surface area contributed by atoms with Gasteiger partial charge in [0.25, 0.3) is 0 Å². The number of rotatable bonds is 6. The lowest BCUT2D eigenvalue weighted by Gasteiger charge is -2.35. The molecule has 0 amide bonds. The van der Waals surface area contributed by atoms with Gasteiger partial charge in [-0.3, -0.25) is 0 Å². The number of hydrogen-bond acceptors (Lipinski definition) is 6. The Bertz CT molecular complexity index is 1300. The summed E-state index contributed by atoms with van der Waals surface area (Å²) in [7, 11) is 1.97. The van der Waals surface area contributed by atoms with Crippen molar-refractivity contribution in [3.8, 4) is 0 Å². The minimum Gasteiger partial charge on any atom is -0.341 e. The number of nitrogens with zero attached hydrogens (tertiary/aromatic N) is 4. The first kappa shape index (κ1) is 21.1. The van der Waals surface area contributed by atoms with Gasteiger partial charge in [-0.25, -0.2) is 18.8 Å². The van der Waals surface area contributed by atoms with Crippen molar-refractivity contribution >= 4 is 43.6 Å². The average Bonchev–Trinajstić information content (AvgIpc) is 3.49. The van der Waals surface area contributed by atoms with Crippen molar-refractivity contribution in [3.05, 3.63) is 83.6 Å². The number of aryl methyl sites for hydroxylation is 1. The minimum atomic E-state index is -0.678. The zero-order chi connectivity index (χ0) is 22.3. The highest BCUT2D eigenvalue weighted by Crippen LogP contribution is 2.53. The zero-order valence-electron chi connectivity index (χ0n) is 17.3. The summed E-state index contributed by atoms with van der Waals surface area (Å²) in [6.45, 7) is 0.506. The topological polar surface area (TPSA) is 59.4 Å². The first-order valence-corrected chi connectivity index (χ1v) is 11.9. The molecule has 3 heterocycles. The van der Waals surface area contributed by atoms with Gasteiger partial charge in [0.1, 0.15) is 31.9 Å². The third kappa shape index (κ3) is 3.50. The fraction of sp³-hybridized carbons (Fsp3) is 0.217. The van der Waals surface area contributed by atoms with Crippen LogP contribution < -0.4 is 10.7 Å². The molecular weight excluding hydrogens is 448 g/mol. The van der Waals surface area contributed by atoms with Gasteiger partial charge in [-0.15, -0.1) is 0 Å². The summed E-state index contributed by atoms with van der Waals surface area (Å²) < 4.78 is 30.7. The number of fused-ring (bicyclic) bond motifs is 1. The lowest BCUT2D eigenvalue weighted by atomic mass is 10.0. The van der Waals surface area contributed by atoms with Crippen LogP contribution in [-0.4, -0.2) is 21.1 Å². The molecule has 0 spiro atoms. The van der Waals surface area contributed by atoms with E-state index in [4.69, 9.17) is 15.8 Å². The summed E-state index contributed by atoms with van der Waals surface area (Å²) in [5.41, 5.74) is 7.92. The highest BCUT2D eigenvalue weighted by Gasteiger charge is 2.47. The highest BCUT2D eigenvalue weighted by atomic mass is 32.2. The van der Waals surface area contributed by atoms with E-state index < -0.39 is 16.5 Å². The first-order valence-electron chi connectivity index (χ1n) is 10.2. The number of anilines is 1. The molecule has 0 radical (unpaired) electrons. The van der Waals surface area contributed by atoms with E-state index in [1.54, 1.807) is 0 Å². The van der Waals surface area contributed by atoms with Gasteiger partial charge in [0.15, 0.2) is 0 Å². The van der Waals surface area contributed by atoms with Crippen LogP contribution in [0.25, 0.3) is 10.3 Å². The summed E-state index contributed by atoms with van der Waals surface area (Å²) in [4.78, 5) is 5.16. The van der Waals surface area contributed by atoms with Crippen LogP contribution in [0.5, 0.6) is 0 Å². The van der Waals surface area contributed by atoms with Crippen LogP contribution in [-0.2, 0) is 11.9 Å². The van der Waals surface area contributed by atoms with Crippen LogP contribution in [0.2, 0.25) is 0 Å². The molecule has 1 unspecified atom stereocenters. The Hall–Kier alpha value is -2.75. The molecule has 32 heavy (non-hydrogen) atoms. The van der Waals surface area contributed by atoms with Crippen molar-refractivity contribution in [2.75, 3.05) is 11.6 Å². The zero-order valence-corrected chi connectivity index (χ0v) is 19.0. The predicted octanol–water partition coefficient (Wildman–Crippen LogP) is 5.42. The summed E-state index contributed by atoms with van der Waals surface area (Å²) in [5, 5.41) is 7.81. The molecule has 0 fully saturated rings. The van der Waals surface area contributed by atoms with Crippen LogP contribution in [0.3, 0.4) is 0 Å². The predicted molar refractivity (Wildman–Crippen MR) is 128 cm³/mol. The molecule has 1 atom stereocenters. The van der Waals surface area contributed by atoms with Crippen molar-refractivity contribution in [1.82, 2.24) is 9.55 Å². The fourth-order valence-corrected chi connectivity index (χ4v) is 6.40. The molecule has 164 valence electrons. The molecular formula is C23H21F2N5S2. The second kappa shape index (κ2) is 8.31. The van der Waals surface area contributed by atoms with Crippen LogP contribution in [0, 0.1) is 11.6 Å². The van der Waals surface area contributed by atoms with E-state index >= 15 is 0 Å². The smallest absolute Gasteiger partial charge is 0.210 e. The number of hydrazone groups is 1. The monoisotopic (exact) mass is 469 g/mol. The number of hydrogen-bond donors (Lipinski definition) is 1. The first-order chi connectivity index (χ1) is 15.5. The maximum Gasteiger partial charge on any atom is 0.210 e. The fourth-order valence-electron chi connectivity index (χ4n) is 3.90. The molecule has 9 heteroatoms.